The number of hydrogen-bond acceptors (Lipinski definition) is 4. The number of hydrogen-bond donors (Lipinski definition) is 1. The first-order valence-corrected chi connectivity index (χ1v) is 8.02. The fourth-order valence-electron chi connectivity index (χ4n) is 2.83. The molecule has 1 aromatic rings. The number of nitriles is 1. The van der Waals surface area contributed by atoms with Gasteiger partial charge >= 0.3 is 5.97 Å². The Hall–Kier alpha value is -2.35. The Labute approximate surface area is 136 Å². The van der Waals surface area contributed by atoms with Crippen LogP contribution in [0.2, 0.25) is 0 Å². The number of ether oxygens (including phenoxy) is 1. The molecule has 0 aliphatic heterocycles. The van der Waals surface area contributed by atoms with Gasteiger partial charge < -0.3 is 10.1 Å². The number of amides is 1. The molecule has 5 heteroatoms. The van der Waals surface area contributed by atoms with E-state index in [1.165, 1.54) is 12.5 Å². The van der Waals surface area contributed by atoms with E-state index < -0.39 is 12.1 Å². The molecular weight excluding hydrogens is 292 g/mol. The maximum atomic E-state index is 12.2. The molecule has 0 radical (unpaired) electrons. The van der Waals surface area contributed by atoms with E-state index in [1.807, 2.05) is 6.07 Å². The van der Waals surface area contributed by atoms with E-state index >= 15 is 0 Å². The van der Waals surface area contributed by atoms with E-state index in [1.54, 1.807) is 25.1 Å². The molecule has 0 unspecified atom stereocenters. The second-order valence-electron chi connectivity index (χ2n) is 6.12. The third-order valence-corrected chi connectivity index (χ3v) is 4.32. The van der Waals surface area contributed by atoms with Gasteiger partial charge in [0.2, 0.25) is 0 Å². The Morgan fingerprint density at radius 3 is 2.78 bits per heavy atom. The summed E-state index contributed by atoms with van der Waals surface area (Å²) in [6.07, 6.45) is 3.54. The lowest BCUT2D eigenvalue weighted by molar-refractivity contribution is -0.130. The fraction of sp³-hybridized carbons (Fsp3) is 0.500. The van der Waals surface area contributed by atoms with Crippen LogP contribution < -0.4 is 5.32 Å². The fourth-order valence-corrected chi connectivity index (χ4v) is 2.83. The van der Waals surface area contributed by atoms with Gasteiger partial charge in [0.05, 0.1) is 17.2 Å². The van der Waals surface area contributed by atoms with E-state index in [9.17, 15) is 9.59 Å². The first-order valence-electron chi connectivity index (χ1n) is 8.02. The molecule has 2 rings (SSSR count). The van der Waals surface area contributed by atoms with Gasteiger partial charge in [0, 0.05) is 6.04 Å². The van der Waals surface area contributed by atoms with Gasteiger partial charge in [0.25, 0.3) is 5.91 Å². The highest BCUT2D eigenvalue weighted by Crippen LogP contribution is 2.23. The summed E-state index contributed by atoms with van der Waals surface area (Å²) in [6, 6.07) is 8.37. The van der Waals surface area contributed by atoms with Crippen LogP contribution in [0.15, 0.2) is 24.3 Å². The topological polar surface area (TPSA) is 79.2 Å². The second-order valence-corrected chi connectivity index (χ2v) is 6.12. The maximum absolute atomic E-state index is 12.2. The van der Waals surface area contributed by atoms with Gasteiger partial charge in [-0.3, -0.25) is 4.79 Å². The number of nitrogens with zero attached hydrogens (tertiary/aromatic N) is 1. The Kier molecular flexibility index (Phi) is 5.75. The van der Waals surface area contributed by atoms with Crippen molar-refractivity contribution in [3.05, 3.63) is 35.4 Å². The van der Waals surface area contributed by atoms with Crippen molar-refractivity contribution in [3.8, 4) is 6.07 Å². The molecule has 1 aromatic carbocycles. The monoisotopic (exact) mass is 314 g/mol. The molecule has 0 heterocycles. The Morgan fingerprint density at radius 2 is 2.09 bits per heavy atom. The highest BCUT2D eigenvalue weighted by Gasteiger charge is 2.26. The van der Waals surface area contributed by atoms with Crippen molar-refractivity contribution in [1.82, 2.24) is 5.32 Å². The Balaban J connectivity index is 1.92. The molecule has 1 aliphatic carbocycles. The summed E-state index contributed by atoms with van der Waals surface area (Å²) in [4.78, 5) is 24.3. The van der Waals surface area contributed by atoms with Gasteiger partial charge in [0.1, 0.15) is 0 Å². The third-order valence-electron chi connectivity index (χ3n) is 4.32. The molecule has 1 N–H and O–H groups in total. The first-order chi connectivity index (χ1) is 11.0. The van der Waals surface area contributed by atoms with E-state index in [4.69, 9.17) is 10.00 Å². The molecule has 0 bridgehead atoms. The summed E-state index contributed by atoms with van der Waals surface area (Å²) in [5.41, 5.74) is 0.655. The van der Waals surface area contributed by atoms with Gasteiger partial charge in [-0.25, -0.2) is 4.79 Å². The van der Waals surface area contributed by atoms with Crippen LogP contribution in [-0.2, 0) is 9.53 Å². The minimum atomic E-state index is -0.859. The first kappa shape index (κ1) is 17.0. The number of carbonyl (C=O) groups excluding carboxylic acids is 2. The summed E-state index contributed by atoms with van der Waals surface area (Å²) in [7, 11) is 0. The smallest absolute Gasteiger partial charge is 0.338 e. The highest BCUT2D eigenvalue weighted by atomic mass is 16.5. The van der Waals surface area contributed by atoms with Crippen LogP contribution in [0.3, 0.4) is 0 Å². The van der Waals surface area contributed by atoms with Crippen LogP contribution in [0.25, 0.3) is 0 Å². The minimum absolute atomic E-state index is 0.152. The average Bonchev–Trinajstić information content (AvgIpc) is 2.56. The van der Waals surface area contributed by atoms with Crippen LogP contribution in [0.4, 0.5) is 0 Å². The lowest BCUT2D eigenvalue weighted by Gasteiger charge is -2.30. The lowest BCUT2D eigenvalue weighted by atomic mass is 9.86. The molecule has 0 spiro atoms. The minimum Gasteiger partial charge on any atom is -0.449 e. The number of esters is 1. The number of nitrogens with one attached hydrogen (secondary N) is 1. The molecule has 0 saturated heterocycles. The predicted molar refractivity (Wildman–Crippen MR) is 85.6 cm³/mol. The number of carbonyl (C=O) groups is 2. The van der Waals surface area contributed by atoms with Crippen LogP contribution >= 0.6 is 0 Å². The van der Waals surface area contributed by atoms with Crippen molar-refractivity contribution >= 4 is 11.9 Å². The van der Waals surface area contributed by atoms with Gasteiger partial charge in [-0.05, 0) is 43.9 Å². The van der Waals surface area contributed by atoms with Gasteiger partial charge in [0.15, 0.2) is 6.10 Å². The maximum Gasteiger partial charge on any atom is 0.338 e. The summed E-state index contributed by atoms with van der Waals surface area (Å²) in [5.74, 6) is -0.419. The van der Waals surface area contributed by atoms with Crippen LogP contribution in [0.1, 0.15) is 55.5 Å². The molecule has 5 nitrogen and oxygen atoms in total. The summed E-state index contributed by atoms with van der Waals surface area (Å²) < 4.78 is 5.21. The largest absolute Gasteiger partial charge is 0.449 e. The van der Waals surface area contributed by atoms with Crippen LogP contribution in [0, 0.1) is 17.2 Å². The summed E-state index contributed by atoms with van der Waals surface area (Å²) in [6.45, 7) is 3.70. The molecule has 122 valence electrons. The third kappa shape index (κ3) is 4.56. The van der Waals surface area contributed by atoms with Crippen molar-refractivity contribution < 1.29 is 14.3 Å². The molecular formula is C18H22N2O3. The zero-order valence-electron chi connectivity index (χ0n) is 13.5. The second kappa shape index (κ2) is 7.77. The van der Waals surface area contributed by atoms with Crippen molar-refractivity contribution in [1.29, 1.82) is 5.26 Å². The van der Waals surface area contributed by atoms with E-state index in [0.29, 0.717) is 11.5 Å². The zero-order chi connectivity index (χ0) is 16.8. The Morgan fingerprint density at radius 1 is 1.35 bits per heavy atom. The normalized spacial score (nSPS) is 21.8. The van der Waals surface area contributed by atoms with E-state index in [-0.39, 0.29) is 17.5 Å². The van der Waals surface area contributed by atoms with E-state index in [0.717, 1.165) is 19.3 Å². The van der Waals surface area contributed by atoms with Crippen molar-refractivity contribution in [2.45, 2.75) is 51.7 Å². The standard InChI is InChI=1S/C18H22N2O3/c1-12-6-3-4-9-16(12)20-17(21)13(2)23-18(22)15-8-5-7-14(10-15)11-19/h5,7-8,10,12-13,16H,3-4,6,9H2,1-2H3,(H,20,21)/t12-,13+,16-/m0/s1. The zero-order valence-corrected chi connectivity index (χ0v) is 13.5. The lowest BCUT2D eigenvalue weighted by Crippen LogP contribution is -2.45. The Bertz CT molecular complexity index is 621. The molecule has 23 heavy (non-hydrogen) atoms. The summed E-state index contributed by atoms with van der Waals surface area (Å²) >= 11 is 0. The number of benzene rings is 1. The average molecular weight is 314 g/mol. The van der Waals surface area contributed by atoms with Gasteiger partial charge in [-0.2, -0.15) is 5.26 Å². The van der Waals surface area contributed by atoms with Gasteiger partial charge in [-0.15, -0.1) is 0 Å². The highest BCUT2D eigenvalue weighted by molar-refractivity contribution is 5.92. The van der Waals surface area contributed by atoms with Crippen molar-refractivity contribution in [2.75, 3.05) is 0 Å². The molecule has 1 saturated carbocycles. The molecule has 3 atom stereocenters. The predicted octanol–water partition coefficient (Wildman–Crippen LogP) is 2.80. The van der Waals surface area contributed by atoms with Crippen LogP contribution in [-0.4, -0.2) is 24.0 Å². The van der Waals surface area contributed by atoms with Gasteiger partial charge in [-0.1, -0.05) is 25.8 Å². The van der Waals surface area contributed by atoms with Crippen molar-refractivity contribution in [2.24, 2.45) is 5.92 Å². The van der Waals surface area contributed by atoms with E-state index in [2.05, 4.69) is 12.2 Å². The quantitative estimate of drug-likeness (QED) is 0.867. The summed E-state index contributed by atoms with van der Waals surface area (Å²) in [5, 5.41) is 11.8. The van der Waals surface area contributed by atoms with Crippen LogP contribution in [0.5, 0.6) is 0 Å². The molecule has 1 fully saturated rings. The molecule has 1 aliphatic rings. The SMILES string of the molecule is C[C@@H](OC(=O)c1cccc(C#N)c1)C(=O)N[C@H]1CCCC[C@@H]1C. The molecule has 0 aromatic heterocycles. The van der Waals surface area contributed by atoms with Crippen molar-refractivity contribution in [3.63, 3.8) is 0 Å². The molecule has 1 amide bonds. The number of rotatable bonds is 4.